The second-order valence-electron chi connectivity index (χ2n) is 6.00. The molecule has 3 heteroatoms. The molecule has 1 aliphatic carbocycles. The van der Waals surface area contributed by atoms with E-state index in [1.54, 1.807) is 6.07 Å². The minimum atomic E-state index is 0.249. The second-order valence-corrected chi connectivity index (χ2v) is 6.00. The smallest absolute Gasteiger partial charge is 0.120 e. The number of rotatable bonds is 4. The number of aromatic hydroxyl groups is 1. The van der Waals surface area contributed by atoms with Crippen molar-refractivity contribution in [2.24, 2.45) is 5.92 Å². The van der Waals surface area contributed by atoms with Crippen molar-refractivity contribution in [1.29, 1.82) is 0 Å². The zero-order valence-electron chi connectivity index (χ0n) is 12.3. The number of aliphatic hydroxyl groups is 1. The van der Waals surface area contributed by atoms with Crippen molar-refractivity contribution in [3.05, 3.63) is 42.0 Å². The molecule has 0 spiro atoms. The average molecular weight is 285 g/mol. The van der Waals surface area contributed by atoms with E-state index >= 15 is 0 Å². The number of hydrogen-bond donors (Lipinski definition) is 3. The fourth-order valence-corrected chi connectivity index (χ4v) is 3.44. The van der Waals surface area contributed by atoms with E-state index in [1.165, 1.54) is 12.8 Å². The molecule has 1 aliphatic rings. The Morgan fingerprint density at radius 2 is 1.86 bits per heavy atom. The fraction of sp³-hybridized carbons (Fsp3) is 0.444. The highest BCUT2D eigenvalue weighted by Crippen LogP contribution is 2.29. The molecule has 112 valence electrons. The van der Waals surface area contributed by atoms with Crippen LogP contribution >= 0.6 is 0 Å². The minimum Gasteiger partial charge on any atom is -0.508 e. The van der Waals surface area contributed by atoms with Crippen LogP contribution in [0.25, 0.3) is 10.8 Å². The maximum atomic E-state index is 10.2. The lowest BCUT2D eigenvalue weighted by molar-refractivity contribution is 0.152. The normalized spacial score (nSPS) is 22.5. The van der Waals surface area contributed by atoms with Crippen LogP contribution in [0.4, 0.5) is 0 Å². The van der Waals surface area contributed by atoms with E-state index in [0.29, 0.717) is 24.3 Å². The van der Waals surface area contributed by atoms with Gasteiger partial charge in [0.05, 0.1) is 0 Å². The van der Waals surface area contributed by atoms with Gasteiger partial charge in [0.1, 0.15) is 5.75 Å². The van der Waals surface area contributed by atoms with Crippen LogP contribution in [0.2, 0.25) is 0 Å². The Hall–Kier alpha value is -1.58. The first-order valence-corrected chi connectivity index (χ1v) is 7.83. The average Bonchev–Trinajstić information content (AvgIpc) is 2.54. The topological polar surface area (TPSA) is 52.5 Å². The Kier molecular flexibility index (Phi) is 4.42. The molecule has 3 nitrogen and oxygen atoms in total. The van der Waals surface area contributed by atoms with Gasteiger partial charge in [0.15, 0.2) is 0 Å². The number of hydrogen-bond acceptors (Lipinski definition) is 3. The van der Waals surface area contributed by atoms with Gasteiger partial charge in [-0.25, -0.2) is 0 Å². The lowest BCUT2D eigenvalue weighted by Gasteiger charge is -2.31. The van der Waals surface area contributed by atoms with Crippen LogP contribution in [0.1, 0.15) is 31.2 Å². The van der Waals surface area contributed by atoms with E-state index < -0.39 is 0 Å². The SMILES string of the molecule is OCC1CCCCC1NCc1c(O)ccc2ccccc12. The predicted octanol–water partition coefficient (Wildman–Crippen LogP) is 3.19. The fourth-order valence-electron chi connectivity index (χ4n) is 3.44. The molecule has 1 saturated carbocycles. The van der Waals surface area contributed by atoms with Crippen LogP contribution in [0, 0.1) is 5.92 Å². The largest absolute Gasteiger partial charge is 0.508 e. The molecule has 3 N–H and O–H groups in total. The maximum Gasteiger partial charge on any atom is 0.120 e. The number of phenolic OH excluding ortho intramolecular Hbond substituents is 1. The summed E-state index contributed by atoms with van der Waals surface area (Å²) in [6.45, 7) is 0.896. The number of phenols is 1. The van der Waals surface area contributed by atoms with Crippen LogP contribution in [0.5, 0.6) is 5.75 Å². The monoisotopic (exact) mass is 285 g/mol. The molecule has 0 radical (unpaired) electrons. The highest BCUT2D eigenvalue weighted by atomic mass is 16.3. The first kappa shape index (κ1) is 14.4. The summed E-state index contributed by atoms with van der Waals surface area (Å²) < 4.78 is 0. The third-order valence-electron chi connectivity index (χ3n) is 4.70. The number of benzene rings is 2. The van der Waals surface area contributed by atoms with Crippen molar-refractivity contribution in [2.75, 3.05) is 6.61 Å². The molecule has 0 amide bonds. The summed E-state index contributed by atoms with van der Waals surface area (Å²) in [5.41, 5.74) is 0.954. The Balaban J connectivity index is 1.80. The highest BCUT2D eigenvalue weighted by molar-refractivity contribution is 5.87. The summed E-state index contributed by atoms with van der Waals surface area (Å²) in [6.07, 6.45) is 4.63. The Labute approximate surface area is 125 Å². The van der Waals surface area contributed by atoms with Gasteiger partial charge in [-0.15, -0.1) is 0 Å². The summed E-state index contributed by atoms with van der Waals surface area (Å²) in [6, 6.07) is 12.2. The van der Waals surface area contributed by atoms with Crippen LogP contribution in [0.15, 0.2) is 36.4 Å². The molecular weight excluding hydrogens is 262 g/mol. The van der Waals surface area contributed by atoms with Gasteiger partial charge in [0, 0.05) is 24.8 Å². The van der Waals surface area contributed by atoms with Crippen molar-refractivity contribution in [3.8, 4) is 5.75 Å². The second kappa shape index (κ2) is 6.46. The first-order chi connectivity index (χ1) is 10.3. The highest BCUT2D eigenvalue weighted by Gasteiger charge is 2.24. The predicted molar refractivity (Wildman–Crippen MR) is 85.3 cm³/mol. The molecular formula is C18H23NO2. The Morgan fingerprint density at radius 3 is 2.71 bits per heavy atom. The van der Waals surface area contributed by atoms with Gasteiger partial charge in [0.2, 0.25) is 0 Å². The molecule has 0 aromatic heterocycles. The van der Waals surface area contributed by atoms with Crippen LogP contribution in [0.3, 0.4) is 0 Å². The third kappa shape index (κ3) is 3.04. The summed E-state index contributed by atoms with van der Waals surface area (Å²) in [5.74, 6) is 0.688. The van der Waals surface area contributed by atoms with Crippen molar-refractivity contribution >= 4 is 10.8 Å². The van der Waals surface area contributed by atoms with Crippen LogP contribution in [-0.2, 0) is 6.54 Å². The molecule has 2 aromatic rings. The molecule has 0 aliphatic heterocycles. The van der Waals surface area contributed by atoms with Crippen molar-refractivity contribution in [3.63, 3.8) is 0 Å². The van der Waals surface area contributed by atoms with Gasteiger partial charge in [-0.3, -0.25) is 0 Å². The van der Waals surface area contributed by atoms with Gasteiger partial charge < -0.3 is 15.5 Å². The lowest BCUT2D eigenvalue weighted by Crippen LogP contribution is -2.39. The first-order valence-electron chi connectivity index (χ1n) is 7.83. The summed E-state index contributed by atoms with van der Waals surface area (Å²) in [5, 5.41) is 25.5. The van der Waals surface area contributed by atoms with Crippen LogP contribution in [-0.4, -0.2) is 22.9 Å². The summed E-state index contributed by atoms with van der Waals surface area (Å²) in [7, 11) is 0. The summed E-state index contributed by atoms with van der Waals surface area (Å²) in [4.78, 5) is 0. The van der Waals surface area contributed by atoms with Crippen molar-refractivity contribution in [2.45, 2.75) is 38.3 Å². The molecule has 21 heavy (non-hydrogen) atoms. The molecule has 2 aromatic carbocycles. The van der Waals surface area contributed by atoms with Crippen LogP contribution < -0.4 is 5.32 Å². The molecule has 0 heterocycles. The summed E-state index contributed by atoms with van der Waals surface area (Å²) >= 11 is 0. The Bertz CT molecular complexity index is 611. The van der Waals surface area contributed by atoms with Gasteiger partial charge in [-0.2, -0.15) is 0 Å². The van der Waals surface area contributed by atoms with E-state index in [2.05, 4.69) is 17.4 Å². The van der Waals surface area contributed by atoms with Gasteiger partial charge in [-0.05, 0) is 35.6 Å². The van der Waals surface area contributed by atoms with E-state index in [9.17, 15) is 10.2 Å². The molecule has 2 atom stereocenters. The Morgan fingerprint density at radius 1 is 1.05 bits per heavy atom. The number of nitrogens with one attached hydrogen (secondary N) is 1. The molecule has 3 rings (SSSR count). The molecule has 0 saturated heterocycles. The minimum absolute atomic E-state index is 0.249. The molecule has 2 unspecified atom stereocenters. The zero-order valence-corrected chi connectivity index (χ0v) is 12.3. The number of aliphatic hydroxyl groups excluding tert-OH is 1. The zero-order chi connectivity index (χ0) is 14.7. The van der Waals surface area contributed by atoms with E-state index in [1.807, 2.05) is 18.2 Å². The van der Waals surface area contributed by atoms with Gasteiger partial charge in [0.25, 0.3) is 0 Å². The molecule has 1 fully saturated rings. The van der Waals surface area contributed by atoms with Gasteiger partial charge >= 0.3 is 0 Å². The van der Waals surface area contributed by atoms with E-state index in [-0.39, 0.29) is 6.61 Å². The molecule has 0 bridgehead atoms. The van der Waals surface area contributed by atoms with Crippen molar-refractivity contribution in [1.82, 2.24) is 5.32 Å². The third-order valence-corrected chi connectivity index (χ3v) is 4.70. The lowest BCUT2D eigenvalue weighted by atomic mass is 9.85. The number of fused-ring (bicyclic) bond motifs is 1. The van der Waals surface area contributed by atoms with E-state index in [4.69, 9.17) is 0 Å². The standard InChI is InChI=1S/C18H23NO2/c20-12-14-6-2-4-8-17(14)19-11-16-15-7-3-1-5-13(15)9-10-18(16)21/h1,3,5,7,9-10,14,17,19-21H,2,4,6,8,11-12H2. The maximum absolute atomic E-state index is 10.2. The quantitative estimate of drug-likeness (QED) is 0.808. The van der Waals surface area contributed by atoms with Gasteiger partial charge in [-0.1, -0.05) is 43.2 Å². The van der Waals surface area contributed by atoms with Crippen molar-refractivity contribution < 1.29 is 10.2 Å². The van der Waals surface area contributed by atoms with E-state index in [0.717, 1.165) is 29.2 Å².